The van der Waals surface area contributed by atoms with Gasteiger partial charge in [-0.15, -0.1) is 0 Å². The largest absolute Gasteiger partial charge is 0.323 e. The summed E-state index contributed by atoms with van der Waals surface area (Å²) in [5.74, 6) is 0.982. The van der Waals surface area contributed by atoms with Gasteiger partial charge < -0.3 is 4.90 Å². The summed E-state index contributed by atoms with van der Waals surface area (Å²) in [6.45, 7) is 6.53. The molecule has 1 saturated heterocycles. The Balaban J connectivity index is 2.13. The number of hydrogen-bond acceptors (Lipinski definition) is 2. The van der Waals surface area contributed by atoms with Gasteiger partial charge in [0.15, 0.2) is 0 Å². The molecule has 0 radical (unpaired) electrons. The predicted molar refractivity (Wildman–Crippen MR) is 74.2 cm³/mol. The molecule has 2 aliphatic rings. The Kier molecular flexibility index (Phi) is 4.66. The molecule has 3 nitrogen and oxygen atoms in total. The normalized spacial score (nSPS) is 37.9. The van der Waals surface area contributed by atoms with Crippen LogP contribution in [0.4, 0.5) is 0 Å². The van der Waals surface area contributed by atoms with Crippen LogP contribution in [0, 0.1) is 5.92 Å². The van der Waals surface area contributed by atoms with Gasteiger partial charge in [0.25, 0.3) is 0 Å². The van der Waals surface area contributed by atoms with E-state index in [2.05, 4.69) is 24.1 Å². The number of carbonyl (C=O) groups excluding carboxylic acids is 1. The van der Waals surface area contributed by atoms with Gasteiger partial charge >= 0.3 is 0 Å². The third-order valence-electron chi connectivity index (χ3n) is 4.64. The third kappa shape index (κ3) is 2.71. The van der Waals surface area contributed by atoms with Crippen LogP contribution in [0.15, 0.2) is 0 Å². The molecule has 0 bridgehead atoms. The summed E-state index contributed by atoms with van der Waals surface area (Å²) < 4.78 is 0. The maximum Gasteiger partial charge on any atom is 0.240 e. The molecule has 4 atom stereocenters. The smallest absolute Gasteiger partial charge is 0.240 e. The quantitative estimate of drug-likeness (QED) is 0.783. The van der Waals surface area contributed by atoms with Crippen molar-refractivity contribution in [3.05, 3.63) is 0 Å². The van der Waals surface area contributed by atoms with Crippen molar-refractivity contribution < 1.29 is 4.79 Å². The summed E-state index contributed by atoms with van der Waals surface area (Å²) in [7, 11) is 0. The highest BCUT2D eigenvalue weighted by Crippen LogP contribution is 2.31. The Labute approximate surface area is 111 Å². The molecule has 1 amide bonds. The van der Waals surface area contributed by atoms with Crippen molar-refractivity contribution in [1.29, 1.82) is 0 Å². The molecular formula is C15H28N2O. The summed E-state index contributed by atoms with van der Waals surface area (Å²) in [6.07, 6.45) is 8.93. The number of carbonyl (C=O) groups is 1. The van der Waals surface area contributed by atoms with Crippen molar-refractivity contribution >= 4 is 5.91 Å². The second-order valence-electron chi connectivity index (χ2n) is 6.12. The van der Waals surface area contributed by atoms with Crippen LogP contribution in [0.5, 0.6) is 0 Å². The zero-order chi connectivity index (χ0) is 13.1. The Bertz CT molecular complexity index is 292. The van der Waals surface area contributed by atoms with E-state index in [0.717, 1.165) is 12.8 Å². The molecule has 1 saturated carbocycles. The zero-order valence-corrected chi connectivity index (χ0v) is 12.1. The Morgan fingerprint density at radius 3 is 2.67 bits per heavy atom. The average molecular weight is 252 g/mol. The van der Waals surface area contributed by atoms with Crippen LogP contribution in [0.3, 0.4) is 0 Å². The summed E-state index contributed by atoms with van der Waals surface area (Å²) in [5.41, 5.74) is 0. The van der Waals surface area contributed by atoms with Gasteiger partial charge in [-0.2, -0.15) is 0 Å². The molecule has 18 heavy (non-hydrogen) atoms. The van der Waals surface area contributed by atoms with E-state index < -0.39 is 0 Å². The number of amides is 1. The van der Waals surface area contributed by atoms with Crippen molar-refractivity contribution in [2.75, 3.05) is 0 Å². The Morgan fingerprint density at radius 1 is 1.22 bits per heavy atom. The molecule has 0 aromatic heterocycles. The highest BCUT2D eigenvalue weighted by molar-refractivity contribution is 5.84. The Morgan fingerprint density at radius 2 is 1.94 bits per heavy atom. The second kappa shape index (κ2) is 6.05. The summed E-state index contributed by atoms with van der Waals surface area (Å²) in [4.78, 5) is 14.6. The molecule has 2 fully saturated rings. The third-order valence-corrected chi connectivity index (χ3v) is 4.64. The molecule has 0 aromatic carbocycles. The SMILES string of the molecule is CCCC1NC(C)C(=O)N1C1CCCCCC1C. The summed E-state index contributed by atoms with van der Waals surface area (Å²) >= 11 is 0. The van der Waals surface area contributed by atoms with Crippen LogP contribution < -0.4 is 5.32 Å². The van der Waals surface area contributed by atoms with Crippen molar-refractivity contribution in [3.63, 3.8) is 0 Å². The molecule has 104 valence electrons. The van der Waals surface area contributed by atoms with E-state index in [-0.39, 0.29) is 12.2 Å². The Hall–Kier alpha value is -0.570. The van der Waals surface area contributed by atoms with E-state index in [4.69, 9.17) is 0 Å². The topological polar surface area (TPSA) is 32.3 Å². The molecule has 4 unspecified atom stereocenters. The number of nitrogens with one attached hydrogen (secondary N) is 1. The first-order chi connectivity index (χ1) is 8.65. The number of hydrogen-bond donors (Lipinski definition) is 1. The van der Waals surface area contributed by atoms with Crippen molar-refractivity contribution in [2.24, 2.45) is 5.92 Å². The maximum atomic E-state index is 12.4. The van der Waals surface area contributed by atoms with Gasteiger partial charge in [-0.3, -0.25) is 10.1 Å². The fourth-order valence-corrected chi connectivity index (χ4v) is 3.59. The molecular weight excluding hydrogens is 224 g/mol. The minimum atomic E-state index is 0.0111. The predicted octanol–water partition coefficient (Wildman–Crippen LogP) is 2.90. The first-order valence-electron chi connectivity index (χ1n) is 7.73. The van der Waals surface area contributed by atoms with Crippen LogP contribution in [-0.2, 0) is 4.79 Å². The molecule has 2 rings (SSSR count). The van der Waals surface area contributed by atoms with E-state index >= 15 is 0 Å². The van der Waals surface area contributed by atoms with Gasteiger partial charge in [0.05, 0.1) is 12.2 Å². The van der Waals surface area contributed by atoms with Crippen LogP contribution in [0.1, 0.15) is 65.7 Å². The monoisotopic (exact) mass is 252 g/mol. The highest BCUT2D eigenvalue weighted by atomic mass is 16.2. The molecule has 1 aliphatic carbocycles. The molecule has 0 aromatic rings. The first-order valence-corrected chi connectivity index (χ1v) is 7.73. The van der Waals surface area contributed by atoms with E-state index in [1.807, 2.05) is 6.92 Å². The van der Waals surface area contributed by atoms with E-state index in [1.165, 1.54) is 32.1 Å². The minimum Gasteiger partial charge on any atom is -0.323 e. The van der Waals surface area contributed by atoms with Gasteiger partial charge in [0, 0.05) is 6.04 Å². The zero-order valence-electron chi connectivity index (χ0n) is 12.1. The van der Waals surface area contributed by atoms with Crippen molar-refractivity contribution in [1.82, 2.24) is 10.2 Å². The molecule has 3 heteroatoms. The lowest BCUT2D eigenvalue weighted by molar-refractivity contribution is -0.133. The second-order valence-corrected chi connectivity index (χ2v) is 6.12. The lowest BCUT2D eigenvalue weighted by Gasteiger charge is -2.35. The van der Waals surface area contributed by atoms with Gasteiger partial charge in [0.2, 0.25) is 5.91 Å². The minimum absolute atomic E-state index is 0.0111. The standard InChI is InChI=1S/C15H28N2O/c1-4-8-14-16-12(3)15(18)17(14)13-10-7-5-6-9-11(13)2/h11-14,16H,4-10H2,1-3H3. The maximum absolute atomic E-state index is 12.4. The fourth-order valence-electron chi connectivity index (χ4n) is 3.59. The number of rotatable bonds is 3. The van der Waals surface area contributed by atoms with Gasteiger partial charge in [0.1, 0.15) is 0 Å². The highest BCUT2D eigenvalue weighted by Gasteiger charge is 2.41. The molecule has 1 heterocycles. The van der Waals surface area contributed by atoms with E-state index in [9.17, 15) is 4.79 Å². The summed E-state index contributed by atoms with van der Waals surface area (Å²) in [5, 5.41) is 3.47. The van der Waals surface area contributed by atoms with Crippen LogP contribution in [-0.4, -0.2) is 29.1 Å². The van der Waals surface area contributed by atoms with Crippen LogP contribution in [0.25, 0.3) is 0 Å². The van der Waals surface area contributed by atoms with Gasteiger partial charge in [-0.25, -0.2) is 0 Å². The van der Waals surface area contributed by atoms with Gasteiger partial charge in [-0.05, 0) is 32.1 Å². The summed E-state index contributed by atoms with van der Waals surface area (Å²) in [6, 6.07) is 0.478. The average Bonchev–Trinajstić information content (AvgIpc) is 2.53. The molecule has 0 spiro atoms. The first kappa shape index (κ1) is 13.9. The lowest BCUT2D eigenvalue weighted by atomic mass is 9.94. The van der Waals surface area contributed by atoms with E-state index in [0.29, 0.717) is 17.9 Å². The molecule has 1 N–H and O–H groups in total. The van der Waals surface area contributed by atoms with Gasteiger partial charge in [-0.1, -0.05) is 39.5 Å². The van der Waals surface area contributed by atoms with Crippen LogP contribution >= 0.6 is 0 Å². The van der Waals surface area contributed by atoms with Crippen LogP contribution in [0.2, 0.25) is 0 Å². The lowest BCUT2D eigenvalue weighted by Crippen LogP contribution is -2.47. The fraction of sp³-hybridized carbons (Fsp3) is 0.933. The number of nitrogens with zero attached hydrogens (tertiary/aromatic N) is 1. The van der Waals surface area contributed by atoms with E-state index in [1.54, 1.807) is 0 Å². The van der Waals surface area contributed by atoms with Crippen molar-refractivity contribution in [2.45, 2.75) is 84.0 Å². The molecule has 1 aliphatic heterocycles. The van der Waals surface area contributed by atoms with Crippen molar-refractivity contribution in [3.8, 4) is 0 Å².